The summed E-state index contributed by atoms with van der Waals surface area (Å²) in [5.74, 6) is -1.34. The zero-order valence-corrected chi connectivity index (χ0v) is 14.6. The van der Waals surface area contributed by atoms with Crippen molar-refractivity contribution in [3.05, 3.63) is 88.8 Å². The van der Waals surface area contributed by atoms with E-state index in [1.165, 1.54) is 36.4 Å². The molecule has 0 saturated heterocycles. The van der Waals surface area contributed by atoms with E-state index in [1.54, 1.807) is 18.2 Å². The fourth-order valence-electron chi connectivity index (χ4n) is 2.46. The summed E-state index contributed by atoms with van der Waals surface area (Å²) in [6.07, 6.45) is 0. The Labute approximate surface area is 160 Å². The Bertz CT molecular complexity index is 844. The third-order valence-electron chi connectivity index (χ3n) is 3.64. The van der Waals surface area contributed by atoms with E-state index in [-0.39, 0.29) is 34.2 Å². The van der Waals surface area contributed by atoms with Gasteiger partial charge in [0.2, 0.25) is 17.3 Å². The summed E-state index contributed by atoms with van der Waals surface area (Å²) in [7, 11) is 4.20. The van der Waals surface area contributed by atoms with Gasteiger partial charge >= 0.3 is 25.2 Å². The van der Waals surface area contributed by atoms with Gasteiger partial charge in [-0.15, -0.1) is 0 Å². The summed E-state index contributed by atoms with van der Waals surface area (Å²) in [5.41, 5.74) is 0.554. The van der Waals surface area contributed by atoms with Crippen LogP contribution in [0.4, 0.5) is 0 Å². The summed E-state index contributed by atoms with van der Waals surface area (Å²) in [5, 5.41) is 0. The standard InChI is InChI=1S/C18H9N3O3.ClH.Cu/c22-16-10-4-1-5-11(19-10)17(23)13-7-3-9-15(21-13)18(24)14-8-2-6-12(16)20-14;;/h1-9H;1H;/q;;+1/p-1. The van der Waals surface area contributed by atoms with Crippen LogP contribution >= 0.6 is 10.1 Å². The fraction of sp³-hybridized carbons (Fsp3) is 0. The molecular weight excluding hydrogens is 405 g/mol. The van der Waals surface area contributed by atoms with Crippen molar-refractivity contribution in [2.24, 2.45) is 0 Å². The van der Waals surface area contributed by atoms with Gasteiger partial charge in [0.25, 0.3) is 0 Å². The maximum atomic E-state index is 12.5. The molecule has 0 fully saturated rings. The van der Waals surface area contributed by atoms with Crippen LogP contribution in [0.5, 0.6) is 0 Å². The van der Waals surface area contributed by atoms with Crippen LogP contribution < -0.4 is 0 Å². The van der Waals surface area contributed by atoms with E-state index < -0.39 is 17.3 Å². The average molecular weight is 414 g/mol. The van der Waals surface area contributed by atoms with Crippen LogP contribution in [0, 0.1) is 0 Å². The molecule has 3 aromatic rings. The fourth-order valence-corrected chi connectivity index (χ4v) is 2.46. The number of aromatic nitrogens is 3. The van der Waals surface area contributed by atoms with Gasteiger partial charge in [-0.25, -0.2) is 15.0 Å². The minimum atomic E-state index is -0.448. The Balaban J connectivity index is 0.000000948. The molecule has 0 unspecified atom stereocenters. The number of carbonyl (C=O) groups excluding carboxylic acids is 3. The van der Waals surface area contributed by atoms with Gasteiger partial charge in [0.1, 0.15) is 34.2 Å². The molecule has 0 radical (unpaired) electrons. The molecule has 6 bridgehead atoms. The number of rotatable bonds is 0. The topological polar surface area (TPSA) is 89.9 Å². The monoisotopic (exact) mass is 413 g/mol. The molecule has 132 valence electrons. The number of nitrogens with zero attached hydrogens (tertiary/aromatic N) is 3. The molecular formula is C18H9ClCuN3O3. The number of ketones is 3. The van der Waals surface area contributed by atoms with Crippen LogP contribution in [0.3, 0.4) is 0 Å². The van der Waals surface area contributed by atoms with Gasteiger partial charge in [0, 0.05) is 0 Å². The number of pyridine rings is 3. The number of halogens is 1. The Morgan fingerprint density at radius 1 is 0.500 bits per heavy atom. The number of hydrogen-bond donors (Lipinski definition) is 0. The molecule has 3 aromatic heterocycles. The maximum absolute atomic E-state index is 12.5. The first kappa shape index (κ1) is 18.1. The summed E-state index contributed by atoms with van der Waals surface area (Å²) in [6, 6.07) is 13.8. The van der Waals surface area contributed by atoms with Gasteiger partial charge in [0.05, 0.1) is 0 Å². The quantitative estimate of drug-likeness (QED) is 0.411. The van der Waals surface area contributed by atoms with E-state index in [2.05, 4.69) is 40.2 Å². The molecule has 0 aliphatic carbocycles. The molecule has 4 rings (SSSR count). The third kappa shape index (κ3) is 3.32. The van der Waals surface area contributed by atoms with Gasteiger partial charge in [-0.2, -0.15) is 0 Å². The molecule has 0 amide bonds. The van der Waals surface area contributed by atoms with E-state index in [4.69, 9.17) is 0 Å². The average Bonchev–Trinajstić information content (AvgIpc) is 2.73. The van der Waals surface area contributed by atoms with Crippen molar-refractivity contribution in [3.8, 4) is 0 Å². The Morgan fingerprint density at radius 2 is 0.692 bits per heavy atom. The Hall–Kier alpha value is -2.73. The van der Waals surface area contributed by atoms with Crippen LogP contribution in [-0.2, 0) is 15.1 Å². The summed E-state index contributed by atoms with van der Waals surface area (Å²) in [6.45, 7) is 0. The second kappa shape index (κ2) is 7.66. The first-order valence-corrected chi connectivity index (χ1v) is 8.60. The third-order valence-corrected chi connectivity index (χ3v) is 3.64. The van der Waals surface area contributed by atoms with Gasteiger partial charge in [-0.3, -0.25) is 14.4 Å². The van der Waals surface area contributed by atoms with E-state index in [9.17, 15) is 14.4 Å². The molecule has 0 spiro atoms. The number of fused-ring (bicyclic) bond motifs is 6. The predicted molar refractivity (Wildman–Crippen MR) is 88.9 cm³/mol. The first-order valence-electron chi connectivity index (χ1n) is 7.30. The van der Waals surface area contributed by atoms with Crippen molar-refractivity contribution in [1.29, 1.82) is 0 Å². The molecule has 1 aliphatic heterocycles. The van der Waals surface area contributed by atoms with E-state index >= 15 is 0 Å². The molecule has 0 saturated carbocycles. The molecule has 26 heavy (non-hydrogen) atoms. The SMILES string of the molecule is O=C1c2cccc(n2)C(=O)c2cccc(n2)C(=O)c2cccc1n2.[Cl][Cu]. The van der Waals surface area contributed by atoms with Crippen LogP contribution in [0.2, 0.25) is 0 Å². The van der Waals surface area contributed by atoms with Crippen molar-refractivity contribution in [2.75, 3.05) is 0 Å². The van der Waals surface area contributed by atoms with E-state index in [0.29, 0.717) is 0 Å². The molecule has 1 aliphatic rings. The van der Waals surface area contributed by atoms with Crippen molar-refractivity contribution < 1.29 is 29.5 Å². The summed E-state index contributed by atoms with van der Waals surface area (Å²) >= 11 is 3.66. The van der Waals surface area contributed by atoms with Gasteiger partial charge in [0.15, 0.2) is 0 Å². The van der Waals surface area contributed by atoms with Crippen LogP contribution in [0.25, 0.3) is 0 Å². The van der Waals surface area contributed by atoms with Crippen LogP contribution in [0.1, 0.15) is 48.5 Å². The molecule has 0 atom stereocenters. The Kier molecular flexibility index (Phi) is 5.32. The minimum absolute atomic E-state index is 0.0923. The zero-order chi connectivity index (χ0) is 18.7. The number of carbonyl (C=O) groups is 3. The molecule has 0 N–H and O–H groups in total. The Morgan fingerprint density at radius 3 is 0.885 bits per heavy atom. The van der Waals surface area contributed by atoms with Crippen molar-refractivity contribution >= 4 is 27.4 Å². The van der Waals surface area contributed by atoms with Gasteiger partial charge in [-0.05, 0) is 36.4 Å². The van der Waals surface area contributed by atoms with Crippen molar-refractivity contribution in [3.63, 3.8) is 0 Å². The zero-order valence-electron chi connectivity index (χ0n) is 12.9. The number of hydrogen-bond acceptors (Lipinski definition) is 6. The summed E-state index contributed by atoms with van der Waals surface area (Å²) in [4.78, 5) is 50.0. The second-order valence-corrected chi connectivity index (χ2v) is 5.21. The van der Waals surface area contributed by atoms with Crippen molar-refractivity contribution in [2.45, 2.75) is 0 Å². The van der Waals surface area contributed by atoms with Crippen LogP contribution in [-0.4, -0.2) is 32.3 Å². The van der Waals surface area contributed by atoms with Crippen LogP contribution in [0.15, 0.2) is 54.6 Å². The predicted octanol–water partition coefficient (Wildman–Crippen LogP) is 2.57. The normalized spacial score (nSPS) is 12.5. The molecule has 8 heteroatoms. The van der Waals surface area contributed by atoms with Gasteiger partial charge in [-0.1, -0.05) is 18.2 Å². The molecule has 6 nitrogen and oxygen atoms in total. The molecule has 4 heterocycles. The van der Waals surface area contributed by atoms with E-state index in [0.717, 1.165) is 0 Å². The first-order chi connectivity index (χ1) is 12.6. The van der Waals surface area contributed by atoms with E-state index in [1.807, 2.05) is 0 Å². The molecule has 0 aromatic carbocycles. The van der Waals surface area contributed by atoms with Crippen molar-refractivity contribution in [1.82, 2.24) is 15.0 Å². The second-order valence-electron chi connectivity index (χ2n) is 5.21. The van der Waals surface area contributed by atoms with Gasteiger partial charge < -0.3 is 0 Å². The summed E-state index contributed by atoms with van der Waals surface area (Å²) < 4.78 is 0.